The van der Waals surface area contributed by atoms with E-state index < -0.39 is 17.6 Å². The maximum absolute atomic E-state index is 12.8. The molecule has 23 heavy (non-hydrogen) atoms. The van der Waals surface area contributed by atoms with Crippen molar-refractivity contribution in [1.29, 1.82) is 0 Å². The largest absolute Gasteiger partial charge is 0.418 e. The summed E-state index contributed by atoms with van der Waals surface area (Å²) < 4.78 is 43.6. The van der Waals surface area contributed by atoms with Crippen LogP contribution in [-0.2, 0) is 20.5 Å². The van der Waals surface area contributed by atoms with E-state index in [1.165, 1.54) is 18.2 Å². The standard InChI is InChI=1S/C15H17F3N2O3/c16-15(17,18)11-3-1-2-4-12(11)20-13(21)9-19-14(22)10-5-7-23-8-6-10/h1-4,10H,5-9H2,(H,19,22)(H,20,21). The fourth-order valence-corrected chi connectivity index (χ4v) is 2.31. The first-order valence-corrected chi connectivity index (χ1v) is 7.19. The fourth-order valence-electron chi connectivity index (χ4n) is 2.31. The summed E-state index contributed by atoms with van der Waals surface area (Å²) in [5.74, 6) is -1.21. The van der Waals surface area contributed by atoms with Crippen molar-refractivity contribution in [2.45, 2.75) is 19.0 Å². The highest BCUT2D eigenvalue weighted by Crippen LogP contribution is 2.34. The van der Waals surface area contributed by atoms with Crippen LogP contribution in [0.4, 0.5) is 18.9 Å². The molecule has 0 saturated carbocycles. The lowest BCUT2D eigenvalue weighted by molar-refractivity contribution is -0.137. The maximum Gasteiger partial charge on any atom is 0.418 e. The minimum absolute atomic E-state index is 0.223. The molecule has 1 aromatic rings. The third kappa shape index (κ3) is 4.95. The molecule has 1 aliphatic heterocycles. The minimum Gasteiger partial charge on any atom is -0.381 e. The van der Waals surface area contributed by atoms with Crippen LogP contribution in [0.3, 0.4) is 0 Å². The molecule has 0 unspecified atom stereocenters. The zero-order valence-corrected chi connectivity index (χ0v) is 12.3. The van der Waals surface area contributed by atoms with E-state index in [4.69, 9.17) is 4.74 Å². The molecule has 1 heterocycles. The van der Waals surface area contributed by atoms with Gasteiger partial charge in [-0.1, -0.05) is 12.1 Å². The number of carbonyl (C=O) groups is 2. The molecule has 1 aliphatic rings. The molecule has 2 rings (SSSR count). The smallest absolute Gasteiger partial charge is 0.381 e. The van der Waals surface area contributed by atoms with Crippen LogP contribution in [0.25, 0.3) is 0 Å². The third-order valence-electron chi connectivity index (χ3n) is 3.52. The van der Waals surface area contributed by atoms with Gasteiger partial charge in [-0.05, 0) is 25.0 Å². The first-order chi connectivity index (χ1) is 10.9. The number of rotatable bonds is 4. The highest BCUT2D eigenvalue weighted by molar-refractivity contribution is 5.95. The lowest BCUT2D eigenvalue weighted by Crippen LogP contribution is -2.38. The Morgan fingerprint density at radius 3 is 2.48 bits per heavy atom. The van der Waals surface area contributed by atoms with Crippen LogP contribution >= 0.6 is 0 Å². The van der Waals surface area contributed by atoms with Crippen LogP contribution in [0.5, 0.6) is 0 Å². The SMILES string of the molecule is O=C(CNC(=O)C1CCOCC1)Nc1ccccc1C(F)(F)F. The highest BCUT2D eigenvalue weighted by atomic mass is 19.4. The summed E-state index contributed by atoms with van der Waals surface area (Å²) in [4.78, 5) is 23.6. The maximum atomic E-state index is 12.8. The minimum atomic E-state index is -4.56. The van der Waals surface area contributed by atoms with Crippen molar-refractivity contribution in [2.24, 2.45) is 5.92 Å². The number of ether oxygens (including phenoxy) is 1. The van der Waals surface area contributed by atoms with Gasteiger partial charge in [0.15, 0.2) is 0 Å². The van der Waals surface area contributed by atoms with Gasteiger partial charge < -0.3 is 15.4 Å². The molecule has 0 bridgehead atoms. The molecule has 2 amide bonds. The molecule has 2 N–H and O–H groups in total. The van der Waals surface area contributed by atoms with Crippen molar-refractivity contribution in [3.05, 3.63) is 29.8 Å². The molecule has 5 nitrogen and oxygen atoms in total. The van der Waals surface area contributed by atoms with Crippen LogP contribution < -0.4 is 10.6 Å². The molecule has 8 heteroatoms. The monoisotopic (exact) mass is 330 g/mol. The lowest BCUT2D eigenvalue weighted by atomic mass is 9.99. The summed E-state index contributed by atoms with van der Waals surface area (Å²) in [6, 6.07) is 4.69. The zero-order valence-electron chi connectivity index (χ0n) is 12.3. The van der Waals surface area contributed by atoms with E-state index >= 15 is 0 Å². The summed E-state index contributed by atoms with van der Waals surface area (Å²) >= 11 is 0. The van der Waals surface area contributed by atoms with Gasteiger partial charge in [0.2, 0.25) is 11.8 Å². The van der Waals surface area contributed by atoms with E-state index in [1.54, 1.807) is 0 Å². The van der Waals surface area contributed by atoms with Crippen LogP contribution in [-0.4, -0.2) is 31.6 Å². The summed E-state index contributed by atoms with van der Waals surface area (Å²) in [6.45, 7) is 0.606. The topological polar surface area (TPSA) is 67.4 Å². The fraction of sp³-hybridized carbons (Fsp3) is 0.467. The molecule has 0 spiro atoms. The molecule has 0 aliphatic carbocycles. The summed E-state index contributed by atoms with van der Waals surface area (Å²) in [7, 11) is 0. The van der Waals surface area contributed by atoms with E-state index in [0.29, 0.717) is 26.1 Å². The van der Waals surface area contributed by atoms with E-state index in [2.05, 4.69) is 10.6 Å². The van der Waals surface area contributed by atoms with Crippen LogP contribution in [0, 0.1) is 5.92 Å². The zero-order chi connectivity index (χ0) is 16.9. The van der Waals surface area contributed by atoms with Crippen molar-refractivity contribution >= 4 is 17.5 Å². The van der Waals surface area contributed by atoms with Gasteiger partial charge in [0.05, 0.1) is 17.8 Å². The third-order valence-corrected chi connectivity index (χ3v) is 3.52. The lowest BCUT2D eigenvalue weighted by Gasteiger charge is -2.21. The Balaban J connectivity index is 1.89. The molecule has 0 radical (unpaired) electrons. The van der Waals surface area contributed by atoms with Crippen LogP contribution in [0.1, 0.15) is 18.4 Å². The van der Waals surface area contributed by atoms with Crippen LogP contribution in [0.15, 0.2) is 24.3 Å². The Bertz CT molecular complexity index is 569. The average Bonchev–Trinajstić information content (AvgIpc) is 2.53. The van der Waals surface area contributed by atoms with Crippen molar-refractivity contribution in [3.8, 4) is 0 Å². The van der Waals surface area contributed by atoms with Crippen LogP contribution in [0.2, 0.25) is 0 Å². The Labute approximate surface area is 131 Å². The number of para-hydroxylation sites is 1. The molecule has 1 saturated heterocycles. The van der Waals surface area contributed by atoms with Gasteiger partial charge in [-0.2, -0.15) is 13.2 Å². The molecule has 126 valence electrons. The number of anilines is 1. The van der Waals surface area contributed by atoms with Crippen molar-refractivity contribution in [1.82, 2.24) is 5.32 Å². The van der Waals surface area contributed by atoms with Crippen molar-refractivity contribution < 1.29 is 27.5 Å². The highest BCUT2D eigenvalue weighted by Gasteiger charge is 2.33. The summed E-state index contributed by atoms with van der Waals surface area (Å²) in [6.07, 6.45) is -3.41. The second-order valence-corrected chi connectivity index (χ2v) is 5.20. The quantitative estimate of drug-likeness (QED) is 0.889. The first kappa shape index (κ1) is 17.3. The van der Waals surface area contributed by atoms with Gasteiger partial charge in [-0.3, -0.25) is 9.59 Å². The number of hydrogen-bond acceptors (Lipinski definition) is 3. The van der Waals surface area contributed by atoms with Gasteiger partial charge in [-0.25, -0.2) is 0 Å². The van der Waals surface area contributed by atoms with Gasteiger partial charge in [0.25, 0.3) is 0 Å². The van der Waals surface area contributed by atoms with E-state index in [0.717, 1.165) is 6.07 Å². The molecular weight excluding hydrogens is 313 g/mol. The Morgan fingerprint density at radius 1 is 1.17 bits per heavy atom. The van der Waals surface area contributed by atoms with Crippen molar-refractivity contribution in [2.75, 3.05) is 25.1 Å². The predicted octanol–water partition coefficient (Wildman–Crippen LogP) is 2.19. The number of carbonyl (C=O) groups excluding carboxylic acids is 2. The van der Waals surface area contributed by atoms with Gasteiger partial charge >= 0.3 is 6.18 Å². The van der Waals surface area contributed by atoms with E-state index in [-0.39, 0.29) is 24.1 Å². The number of alkyl halides is 3. The van der Waals surface area contributed by atoms with Gasteiger partial charge in [0, 0.05) is 19.1 Å². The van der Waals surface area contributed by atoms with Gasteiger partial charge in [0.1, 0.15) is 0 Å². The number of hydrogen-bond donors (Lipinski definition) is 2. The summed E-state index contributed by atoms with van der Waals surface area (Å²) in [5, 5.41) is 4.62. The second-order valence-electron chi connectivity index (χ2n) is 5.20. The molecule has 1 aromatic carbocycles. The Kier molecular flexibility index (Phi) is 5.59. The first-order valence-electron chi connectivity index (χ1n) is 7.19. The molecule has 0 atom stereocenters. The second kappa shape index (κ2) is 7.45. The molecule has 1 fully saturated rings. The molecular formula is C15H17F3N2O3. The van der Waals surface area contributed by atoms with Crippen molar-refractivity contribution in [3.63, 3.8) is 0 Å². The average molecular weight is 330 g/mol. The Hall–Kier alpha value is -2.09. The number of benzene rings is 1. The number of nitrogens with one attached hydrogen (secondary N) is 2. The van der Waals surface area contributed by atoms with Gasteiger partial charge in [-0.15, -0.1) is 0 Å². The Morgan fingerprint density at radius 2 is 1.83 bits per heavy atom. The number of halogens is 3. The summed E-state index contributed by atoms with van der Waals surface area (Å²) in [5.41, 5.74) is -1.26. The predicted molar refractivity (Wildman–Crippen MR) is 76.6 cm³/mol. The normalized spacial score (nSPS) is 16.0. The molecule has 0 aromatic heterocycles. The number of amides is 2. The van der Waals surface area contributed by atoms with E-state index in [1.807, 2.05) is 0 Å². The van der Waals surface area contributed by atoms with E-state index in [9.17, 15) is 22.8 Å².